The Hall–Kier alpha value is -2.57. The summed E-state index contributed by atoms with van der Waals surface area (Å²) in [6, 6.07) is 7.56. The summed E-state index contributed by atoms with van der Waals surface area (Å²) in [5.74, 6) is 0.953. The summed E-state index contributed by atoms with van der Waals surface area (Å²) >= 11 is 0. The predicted octanol–water partition coefficient (Wildman–Crippen LogP) is 0.487. The Bertz CT molecular complexity index is 626. The molecule has 7 nitrogen and oxygen atoms in total. The van der Waals surface area contributed by atoms with E-state index in [1.54, 1.807) is 0 Å². The third-order valence-electron chi connectivity index (χ3n) is 3.14. The third-order valence-corrected chi connectivity index (χ3v) is 3.14. The van der Waals surface area contributed by atoms with Crippen molar-refractivity contribution in [2.45, 2.75) is 12.3 Å². The van der Waals surface area contributed by atoms with E-state index in [1.807, 2.05) is 24.3 Å². The van der Waals surface area contributed by atoms with Gasteiger partial charge in [-0.15, -0.1) is 0 Å². The molecule has 0 fully saturated rings. The average Bonchev–Trinajstić information content (AvgIpc) is 3.05. The summed E-state index contributed by atoms with van der Waals surface area (Å²) in [7, 11) is 0. The van der Waals surface area contributed by atoms with Gasteiger partial charge in [0.05, 0.1) is 0 Å². The molecular weight excluding hydrogens is 260 g/mol. The molecule has 0 radical (unpaired) electrons. The van der Waals surface area contributed by atoms with E-state index in [-0.39, 0.29) is 17.8 Å². The number of hydrogen-bond acceptors (Lipinski definition) is 6. The number of nitrogens with zero attached hydrogens (tertiary/aromatic N) is 2. The number of hydrogen-bond donors (Lipinski definition) is 2. The van der Waals surface area contributed by atoms with Crippen LogP contribution in [0, 0.1) is 0 Å². The normalized spacial score (nSPS) is 16.5. The molecule has 2 heterocycles. The van der Waals surface area contributed by atoms with Gasteiger partial charge in [-0.1, -0.05) is 18.2 Å². The number of para-hydroxylation sites is 1. The molecule has 3 N–H and O–H groups in total. The van der Waals surface area contributed by atoms with Gasteiger partial charge in [-0.2, -0.15) is 4.98 Å². The minimum atomic E-state index is -0.265. The Labute approximate surface area is 115 Å². The van der Waals surface area contributed by atoms with Gasteiger partial charge in [0.15, 0.2) is 0 Å². The summed E-state index contributed by atoms with van der Waals surface area (Å²) in [6.45, 7) is 0.790. The lowest BCUT2D eigenvalue weighted by atomic mass is 10.0. The summed E-state index contributed by atoms with van der Waals surface area (Å²) < 4.78 is 10.3. The molecule has 20 heavy (non-hydrogen) atoms. The van der Waals surface area contributed by atoms with Crippen LogP contribution in [-0.4, -0.2) is 29.2 Å². The van der Waals surface area contributed by atoms with Gasteiger partial charge >= 0.3 is 0 Å². The fourth-order valence-electron chi connectivity index (χ4n) is 2.17. The number of fused-ring (bicyclic) bond motifs is 1. The lowest BCUT2D eigenvalue weighted by Crippen LogP contribution is -2.31. The number of carbonyl (C=O) groups is 1. The highest BCUT2D eigenvalue weighted by atomic mass is 16.5. The minimum absolute atomic E-state index is 0.0672. The standard InChI is InChI=1S/C13H14N4O3/c14-13-16-11(20-17-13)5-6-15-12(18)9-7-19-10-4-2-1-3-8(9)10/h1-4,9H,5-7H2,(H2,14,17)(H,15,18)/t9-/m0/s1. The maximum absolute atomic E-state index is 12.1. The highest BCUT2D eigenvalue weighted by molar-refractivity contribution is 5.85. The molecule has 1 amide bonds. The molecule has 1 atom stereocenters. The van der Waals surface area contributed by atoms with E-state index in [9.17, 15) is 4.79 Å². The van der Waals surface area contributed by atoms with Crippen molar-refractivity contribution < 1.29 is 14.1 Å². The van der Waals surface area contributed by atoms with Gasteiger partial charge in [0, 0.05) is 18.5 Å². The second-order valence-electron chi connectivity index (χ2n) is 4.49. The van der Waals surface area contributed by atoms with Gasteiger partial charge in [-0.25, -0.2) is 0 Å². The van der Waals surface area contributed by atoms with Crippen LogP contribution in [0.4, 0.5) is 5.95 Å². The quantitative estimate of drug-likeness (QED) is 0.840. The van der Waals surface area contributed by atoms with E-state index in [1.165, 1.54) is 0 Å². The van der Waals surface area contributed by atoms with Crippen molar-refractivity contribution in [2.24, 2.45) is 0 Å². The Kier molecular flexibility index (Phi) is 3.24. The first kappa shape index (κ1) is 12.5. The van der Waals surface area contributed by atoms with Crippen molar-refractivity contribution in [3.63, 3.8) is 0 Å². The van der Waals surface area contributed by atoms with Gasteiger partial charge in [-0.3, -0.25) is 4.79 Å². The fourth-order valence-corrected chi connectivity index (χ4v) is 2.17. The number of carbonyl (C=O) groups excluding carboxylic acids is 1. The Morgan fingerprint density at radius 2 is 2.30 bits per heavy atom. The van der Waals surface area contributed by atoms with Crippen LogP contribution in [0.2, 0.25) is 0 Å². The second kappa shape index (κ2) is 5.20. The molecule has 2 aromatic rings. The van der Waals surface area contributed by atoms with E-state index in [0.29, 0.717) is 25.5 Å². The van der Waals surface area contributed by atoms with Crippen molar-refractivity contribution >= 4 is 11.9 Å². The van der Waals surface area contributed by atoms with Gasteiger partial charge in [0.25, 0.3) is 5.95 Å². The number of nitrogens with one attached hydrogen (secondary N) is 1. The second-order valence-corrected chi connectivity index (χ2v) is 4.49. The number of ether oxygens (including phenoxy) is 1. The zero-order chi connectivity index (χ0) is 13.9. The molecule has 0 saturated heterocycles. The molecular formula is C13H14N4O3. The third kappa shape index (κ3) is 2.42. The van der Waals surface area contributed by atoms with E-state index in [2.05, 4.69) is 15.5 Å². The van der Waals surface area contributed by atoms with Crippen molar-refractivity contribution in [3.8, 4) is 5.75 Å². The van der Waals surface area contributed by atoms with Gasteiger partial charge < -0.3 is 20.3 Å². The van der Waals surface area contributed by atoms with Crippen LogP contribution in [0.15, 0.2) is 28.8 Å². The molecule has 1 aromatic heterocycles. The minimum Gasteiger partial charge on any atom is -0.492 e. The van der Waals surface area contributed by atoms with E-state index < -0.39 is 0 Å². The lowest BCUT2D eigenvalue weighted by Gasteiger charge is -2.09. The SMILES string of the molecule is Nc1noc(CCNC(=O)[C@H]2COc3ccccc32)n1. The number of benzene rings is 1. The molecule has 3 rings (SSSR count). The van der Waals surface area contributed by atoms with Crippen molar-refractivity contribution in [2.75, 3.05) is 18.9 Å². The Morgan fingerprint density at radius 1 is 1.45 bits per heavy atom. The van der Waals surface area contributed by atoms with E-state index >= 15 is 0 Å². The molecule has 104 valence electrons. The summed E-state index contributed by atoms with van der Waals surface area (Å²) in [4.78, 5) is 16.0. The molecule has 0 saturated carbocycles. The summed E-state index contributed by atoms with van der Waals surface area (Å²) in [5, 5.41) is 6.32. The van der Waals surface area contributed by atoms with Crippen LogP contribution >= 0.6 is 0 Å². The Balaban J connectivity index is 1.55. The molecule has 7 heteroatoms. The monoisotopic (exact) mass is 274 g/mol. The largest absolute Gasteiger partial charge is 0.492 e. The fraction of sp³-hybridized carbons (Fsp3) is 0.308. The van der Waals surface area contributed by atoms with Gasteiger partial charge in [0.2, 0.25) is 11.8 Å². The first-order chi connectivity index (χ1) is 9.74. The maximum Gasteiger partial charge on any atom is 0.260 e. The van der Waals surface area contributed by atoms with E-state index in [4.69, 9.17) is 15.0 Å². The van der Waals surface area contributed by atoms with Crippen molar-refractivity contribution in [1.82, 2.24) is 15.5 Å². The average molecular weight is 274 g/mol. The molecule has 0 spiro atoms. The number of nitrogen functional groups attached to an aromatic ring is 1. The number of rotatable bonds is 4. The first-order valence-corrected chi connectivity index (χ1v) is 6.31. The summed E-state index contributed by atoms with van der Waals surface area (Å²) in [5.41, 5.74) is 6.27. The zero-order valence-corrected chi connectivity index (χ0v) is 10.7. The van der Waals surface area contributed by atoms with Crippen LogP contribution in [0.25, 0.3) is 0 Å². The topological polar surface area (TPSA) is 103 Å². The smallest absolute Gasteiger partial charge is 0.260 e. The first-order valence-electron chi connectivity index (χ1n) is 6.31. The molecule has 1 aromatic carbocycles. The zero-order valence-electron chi connectivity index (χ0n) is 10.7. The van der Waals surface area contributed by atoms with E-state index in [0.717, 1.165) is 11.3 Å². The molecule has 1 aliphatic heterocycles. The van der Waals surface area contributed by atoms with Crippen LogP contribution in [-0.2, 0) is 11.2 Å². The van der Waals surface area contributed by atoms with Crippen LogP contribution in [0.5, 0.6) is 5.75 Å². The lowest BCUT2D eigenvalue weighted by molar-refractivity contribution is -0.122. The number of amides is 1. The number of nitrogens with two attached hydrogens (primary N) is 1. The van der Waals surface area contributed by atoms with Crippen LogP contribution in [0.1, 0.15) is 17.4 Å². The van der Waals surface area contributed by atoms with Crippen molar-refractivity contribution in [3.05, 3.63) is 35.7 Å². The highest BCUT2D eigenvalue weighted by Crippen LogP contribution is 2.33. The van der Waals surface area contributed by atoms with Gasteiger partial charge in [0.1, 0.15) is 18.3 Å². The summed E-state index contributed by atoms with van der Waals surface area (Å²) in [6.07, 6.45) is 0.450. The number of anilines is 1. The van der Waals surface area contributed by atoms with Crippen LogP contribution < -0.4 is 15.8 Å². The number of aromatic nitrogens is 2. The molecule has 0 unspecified atom stereocenters. The highest BCUT2D eigenvalue weighted by Gasteiger charge is 2.29. The van der Waals surface area contributed by atoms with Gasteiger partial charge in [-0.05, 0) is 11.2 Å². The molecule has 0 aliphatic carbocycles. The van der Waals surface area contributed by atoms with Crippen LogP contribution in [0.3, 0.4) is 0 Å². The molecule has 0 bridgehead atoms. The maximum atomic E-state index is 12.1. The van der Waals surface area contributed by atoms with Crippen molar-refractivity contribution in [1.29, 1.82) is 0 Å². The Morgan fingerprint density at radius 3 is 3.10 bits per heavy atom. The predicted molar refractivity (Wildman–Crippen MR) is 70.1 cm³/mol. The molecule has 1 aliphatic rings.